The van der Waals surface area contributed by atoms with Crippen LogP contribution in [-0.4, -0.2) is 29.2 Å². The fourth-order valence-corrected chi connectivity index (χ4v) is 2.58. The van der Waals surface area contributed by atoms with E-state index in [9.17, 15) is 0 Å². The molecule has 5 heteroatoms. The van der Waals surface area contributed by atoms with Crippen LogP contribution in [-0.2, 0) is 24.2 Å². The lowest BCUT2D eigenvalue weighted by atomic mass is 10.1. The number of ether oxygens (including phenoxy) is 1. The summed E-state index contributed by atoms with van der Waals surface area (Å²) in [6.07, 6.45) is 4.16. The molecule has 0 amide bonds. The third kappa shape index (κ3) is 2.25. The van der Waals surface area contributed by atoms with Crippen LogP contribution in [0.15, 0.2) is 0 Å². The normalized spacial score (nSPS) is 23.6. The van der Waals surface area contributed by atoms with E-state index in [1.807, 2.05) is 0 Å². The summed E-state index contributed by atoms with van der Waals surface area (Å²) in [5.41, 5.74) is 8.06. The molecule has 3 N–H and O–H groups in total. The number of nitrogens with two attached hydrogens (primary N) is 1. The molecule has 1 fully saturated rings. The van der Waals surface area contributed by atoms with Crippen molar-refractivity contribution in [3.8, 4) is 0 Å². The molecule has 0 aromatic carbocycles. The first-order valence-corrected chi connectivity index (χ1v) is 6.28. The Morgan fingerprint density at radius 1 is 1.41 bits per heavy atom. The monoisotopic (exact) mass is 234 g/mol. The van der Waals surface area contributed by atoms with Crippen LogP contribution in [0.1, 0.15) is 29.9 Å². The molecule has 3 rings (SSSR count). The van der Waals surface area contributed by atoms with Gasteiger partial charge in [0.1, 0.15) is 11.6 Å². The fourth-order valence-electron chi connectivity index (χ4n) is 2.58. The van der Waals surface area contributed by atoms with Gasteiger partial charge in [0.25, 0.3) is 0 Å². The Bertz CT molecular complexity index is 415. The number of aromatic nitrogens is 2. The third-order valence-corrected chi connectivity index (χ3v) is 3.50. The average Bonchev–Trinajstić information content (AvgIpc) is 2.82. The molecule has 5 nitrogen and oxygen atoms in total. The topological polar surface area (TPSA) is 73.1 Å². The quantitative estimate of drug-likeness (QED) is 0.776. The highest BCUT2D eigenvalue weighted by molar-refractivity contribution is 5.43. The first-order chi connectivity index (χ1) is 8.33. The highest BCUT2D eigenvalue weighted by atomic mass is 16.5. The molecule has 1 unspecified atom stereocenters. The van der Waals surface area contributed by atoms with Gasteiger partial charge < -0.3 is 15.8 Å². The maximum Gasteiger partial charge on any atom is 0.132 e. The summed E-state index contributed by atoms with van der Waals surface area (Å²) in [7, 11) is 0. The largest absolute Gasteiger partial charge is 0.383 e. The SMILES string of the molecule is Nc1nc(CC2CCCN2)nc2c1CCOC2. The van der Waals surface area contributed by atoms with Crippen LogP contribution in [0.25, 0.3) is 0 Å². The molecule has 0 bridgehead atoms. The Hall–Kier alpha value is -1.20. The van der Waals surface area contributed by atoms with Gasteiger partial charge in [-0.15, -0.1) is 0 Å². The average molecular weight is 234 g/mol. The summed E-state index contributed by atoms with van der Waals surface area (Å²) in [5.74, 6) is 1.50. The minimum absolute atomic E-state index is 0.511. The number of fused-ring (bicyclic) bond motifs is 1. The van der Waals surface area contributed by atoms with Crippen molar-refractivity contribution in [3.05, 3.63) is 17.1 Å². The number of nitrogens with zero attached hydrogens (tertiary/aromatic N) is 2. The van der Waals surface area contributed by atoms with Crippen LogP contribution in [0, 0.1) is 0 Å². The first kappa shape index (κ1) is 10.9. The zero-order valence-corrected chi connectivity index (χ0v) is 9.91. The Balaban J connectivity index is 1.82. The maximum atomic E-state index is 5.99. The van der Waals surface area contributed by atoms with Gasteiger partial charge >= 0.3 is 0 Å². The van der Waals surface area contributed by atoms with Crippen molar-refractivity contribution < 1.29 is 4.74 Å². The number of anilines is 1. The lowest BCUT2D eigenvalue weighted by Gasteiger charge is -2.18. The highest BCUT2D eigenvalue weighted by Crippen LogP contribution is 2.20. The van der Waals surface area contributed by atoms with Gasteiger partial charge in [0.05, 0.1) is 18.9 Å². The van der Waals surface area contributed by atoms with Crippen LogP contribution >= 0.6 is 0 Å². The number of nitrogens with one attached hydrogen (secondary N) is 1. The van der Waals surface area contributed by atoms with E-state index >= 15 is 0 Å². The Morgan fingerprint density at radius 2 is 2.35 bits per heavy atom. The van der Waals surface area contributed by atoms with E-state index in [0.29, 0.717) is 18.5 Å². The summed E-state index contributed by atoms with van der Waals surface area (Å²) in [6.45, 7) is 2.41. The van der Waals surface area contributed by atoms with E-state index in [0.717, 1.165) is 43.1 Å². The van der Waals surface area contributed by atoms with Gasteiger partial charge in [0.15, 0.2) is 0 Å². The lowest BCUT2D eigenvalue weighted by Crippen LogP contribution is -2.26. The molecule has 1 atom stereocenters. The van der Waals surface area contributed by atoms with E-state index in [2.05, 4.69) is 15.3 Å². The molecule has 2 aliphatic heterocycles. The smallest absolute Gasteiger partial charge is 0.132 e. The highest BCUT2D eigenvalue weighted by Gasteiger charge is 2.20. The van der Waals surface area contributed by atoms with E-state index in [1.54, 1.807) is 0 Å². The molecule has 0 saturated carbocycles. The van der Waals surface area contributed by atoms with Crippen molar-refractivity contribution in [2.24, 2.45) is 0 Å². The summed E-state index contributed by atoms with van der Waals surface area (Å²) in [4.78, 5) is 9.00. The predicted molar refractivity (Wildman–Crippen MR) is 64.5 cm³/mol. The van der Waals surface area contributed by atoms with Crippen LogP contribution < -0.4 is 11.1 Å². The van der Waals surface area contributed by atoms with Crippen LogP contribution in [0.3, 0.4) is 0 Å². The Morgan fingerprint density at radius 3 is 3.18 bits per heavy atom. The molecule has 3 heterocycles. The van der Waals surface area contributed by atoms with Crippen molar-refractivity contribution in [2.75, 3.05) is 18.9 Å². The van der Waals surface area contributed by atoms with E-state index in [1.165, 1.54) is 12.8 Å². The van der Waals surface area contributed by atoms with Crippen LogP contribution in [0.2, 0.25) is 0 Å². The second-order valence-corrected chi connectivity index (χ2v) is 4.75. The standard InChI is InChI=1S/C12H18N4O/c13-12-9-3-5-17-7-10(9)15-11(16-12)6-8-2-1-4-14-8/h8,14H,1-7H2,(H2,13,15,16). The van der Waals surface area contributed by atoms with E-state index in [-0.39, 0.29) is 0 Å². The molecule has 1 saturated heterocycles. The third-order valence-electron chi connectivity index (χ3n) is 3.50. The number of rotatable bonds is 2. The molecule has 2 aliphatic rings. The van der Waals surface area contributed by atoms with Crippen molar-refractivity contribution in [1.29, 1.82) is 0 Å². The van der Waals surface area contributed by atoms with Crippen molar-refractivity contribution >= 4 is 5.82 Å². The number of nitrogen functional groups attached to an aromatic ring is 1. The molecular weight excluding hydrogens is 216 g/mol. The molecule has 1 aromatic rings. The fraction of sp³-hybridized carbons (Fsp3) is 0.667. The van der Waals surface area contributed by atoms with Crippen molar-refractivity contribution in [1.82, 2.24) is 15.3 Å². The second kappa shape index (κ2) is 4.58. The van der Waals surface area contributed by atoms with Gasteiger partial charge in [-0.1, -0.05) is 0 Å². The number of hydrogen-bond acceptors (Lipinski definition) is 5. The van der Waals surface area contributed by atoms with E-state index < -0.39 is 0 Å². The molecule has 1 aromatic heterocycles. The molecule has 92 valence electrons. The summed E-state index contributed by atoms with van der Waals surface area (Å²) in [6, 6.07) is 0.511. The predicted octanol–water partition coefficient (Wildman–Crippen LogP) is 0.426. The summed E-state index contributed by atoms with van der Waals surface area (Å²) < 4.78 is 5.41. The van der Waals surface area contributed by atoms with Crippen molar-refractivity contribution in [2.45, 2.75) is 38.3 Å². The summed E-state index contributed by atoms with van der Waals surface area (Å²) in [5, 5.41) is 3.45. The van der Waals surface area contributed by atoms with Gasteiger partial charge in [0, 0.05) is 24.4 Å². The van der Waals surface area contributed by atoms with Crippen LogP contribution in [0.5, 0.6) is 0 Å². The first-order valence-electron chi connectivity index (χ1n) is 6.28. The minimum Gasteiger partial charge on any atom is -0.383 e. The van der Waals surface area contributed by atoms with Gasteiger partial charge in [0.2, 0.25) is 0 Å². The molecule has 0 radical (unpaired) electrons. The van der Waals surface area contributed by atoms with Crippen molar-refractivity contribution in [3.63, 3.8) is 0 Å². The minimum atomic E-state index is 0.511. The van der Waals surface area contributed by atoms with Gasteiger partial charge in [-0.05, 0) is 19.4 Å². The van der Waals surface area contributed by atoms with Gasteiger partial charge in [-0.2, -0.15) is 0 Å². The molecular formula is C12H18N4O. The molecule has 17 heavy (non-hydrogen) atoms. The second-order valence-electron chi connectivity index (χ2n) is 4.75. The Labute approximate surface area is 101 Å². The zero-order chi connectivity index (χ0) is 11.7. The molecule has 0 spiro atoms. The maximum absolute atomic E-state index is 5.99. The van der Waals surface area contributed by atoms with Gasteiger partial charge in [-0.3, -0.25) is 0 Å². The van der Waals surface area contributed by atoms with E-state index in [4.69, 9.17) is 10.5 Å². The number of hydrogen-bond donors (Lipinski definition) is 2. The Kier molecular flexibility index (Phi) is 2.94. The van der Waals surface area contributed by atoms with Gasteiger partial charge in [-0.25, -0.2) is 9.97 Å². The lowest BCUT2D eigenvalue weighted by molar-refractivity contribution is 0.107. The molecule has 0 aliphatic carbocycles. The summed E-state index contributed by atoms with van der Waals surface area (Å²) >= 11 is 0. The van der Waals surface area contributed by atoms with Crippen LogP contribution in [0.4, 0.5) is 5.82 Å². The zero-order valence-electron chi connectivity index (χ0n) is 9.91.